The first kappa shape index (κ1) is 26.4. The van der Waals surface area contributed by atoms with Crippen LogP contribution in [0.5, 0.6) is 0 Å². The first-order valence-electron chi connectivity index (χ1n) is 13.1. The number of aliphatic hydroxyl groups is 1. The van der Waals surface area contributed by atoms with Crippen molar-refractivity contribution < 1.29 is 19.4 Å². The fourth-order valence-electron chi connectivity index (χ4n) is 5.13. The van der Waals surface area contributed by atoms with Gasteiger partial charge in [-0.25, -0.2) is 0 Å². The van der Waals surface area contributed by atoms with Gasteiger partial charge < -0.3 is 19.5 Å². The SMILES string of the molecule is CC1=CCC(C(=O)N(c2csc(C#CC(C)(C)C)c2)C2CCC(O)(COC3CCOC3)CC2)CC1. The first-order valence-corrected chi connectivity index (χ1v) is 14.0. The van der Waals surface area contributed by atoms with Crippen LogP contribution in [0.25, 0.3) is 0 Å². The van der Waals surface area contributed by atoms with E-state index in [1.807, 2.05) is 4.90 Å². The van der Waals surface area contributed by atoms with Gasteiger partial charge in [0.05, 0.1) is 35.5 Å². The number of hydrogen-bond acceptors (Lipinski definition) is 5. The molecule has 0 bridgehead atoms. The molecule has 2 atom stereocenters. The Labute approximate surface area is 214 Å². The molecule has 1 saturated heterocycles. The number of ether oxygens (including phenoxy) is 2. The minimum atomic E-state index is -0.823. The Hall–Kier alpha value is -1.65. The van der Waals surface area contributed by atoms with Crippen molar-refractivity contribution in [2.75, 3.05) is 24.7 Å². The second-order valence-electron chi connectivity index (χ2n) is 11.7. The average Bonchev–Trinajstić information content (AvgIpc) is 3.50. The fourth-order valence-corrected chi connectivity index (χ4v) is 5.86. The second-order valence-corrected chi connectivity index (χ2v) is 12.6. The van der Waals surface area contributed by atoms with E-state index < -0.39 is 5.60 Å². The fraction of sp³-hybridized carbons (Fsp3) is 0.690. The lowest BCUT2D eigenvalue weighted by atomic mass is 9.81. The second kappa shape index (κ2) is 11.2. The predicted octanol–water partition coefficient (Wildman–Crippen LogP) is 5.70. The van der Waals surface area contributed by atoms with E-state index in [2.05, 4.69) is 57.1 Å². The number of amides is 1. The van der Waals surface area contributed by atoms with Crippen LogP contribution in [0.4, 0.5) is 5.69 Å². The van der Waals surface area contributed by atoms with Gasteiger partial charge in [0.25, 0.3) is 0 Å². The van der Waals surface area contributed by atoms with Crippen LogP contribution in [-0.4, -0.2) is 48.6 Å². The maximum Gasteiger partial charge on any atom is 0.230 e. The molecule has 0 spiro atoms. The van der Waals surface area contributed by atoms with Gasteiger partial charge in [-0.2, -0.15) is 0 Å². The van der Waals surface area contributed by atoms with Crippen molar-refractivity contribution in [3.05, 3.63) is 28.0 Å². The lowest BCUT2D eigenvalue weighted by Crippen LogP contribution is -2.50. The monoisotopic (exact) mass is 499 g/mol. The van der Waals surface area contributed by atoms with Gasteiger partial charge in [-0.05, 0) is 85.1 Å². The molecular weight excluding hydrogens is 458 g/mol. The Morgan fingerprint density at radius 3 is 2.69 bits per heavy atom. The van der Waals surface area contributed by atoms with Crippen molar-refractivity contribution in [3.63, 3.8) is 0 Å². The van der Waals surface area contributed by atoms with E-state index in [0.717, 1.165) is 55.7 Å². The zero-order chi connectivity index (χ0) is 25.1. The molecule has 0 aromatic carbocycles. The number of anilines is 1. The van der Waals surface area contributed by atoms with Crippen LogP contribution in [0.2, 0.25) is 0 Å². The number of hydrogen-bond donors (Lipinski definition) is 1. The van der Waals surface area contributed by atoms with Gasteiger partial charge in [0.2, 0.25) is 5.91 Å². The number of rotatable bonds is 6. The largest absolute Gasteiger partial charge is 0.387 e. The number of nitrogens with zero attached hydrogens (tertiary/aromatic N) is 1. The Morgan fingerprint density at radius 1 is 1.29 bits per heavy atom. The highest BCUT2D eigenvalue weighted by Crippen LogP contribution is 2.37. The Balaban J connectivity index is 1.48. The standard InChI is InChI=1S/C29H41NO4S/c1-21-5-7-22(8-6-21)27(31)30(24-17-26(35-19-24)11-13-28(2,3)4)23-9-14-29(32,15-10-23)20-34-25-12-16-33-18-25/h5,17,19,22-23,25,32H,6-10,12,14-16,18,20H2,1-4H3. The molecule has 0 radical (unpaired) electrons. The van der Waals surface area contributed by atoms with Crippen LogP contribution in [0.3, 0.4) is 0 Å². The summed E-state index contributed by atoms with van der Waals surface area (Å²) in [6.45, 7) is 10.2. The van der Waals surface area contributed by atoms with E-state index in [9.17, 15) is 9.90 Å². The van der Waals surface area contributed by atoms with Gasteiger partial charge in [-0.1, -0.05) is 23.5 Å². The van der Waals surface area contributed by atoms with Crippen LogP contribution in [-0.2, 0) is 14.3 Å². The highest BCUT2D eigenvalue weighted by atomic mass is 32.1. The topological polar surface area (TPSA) is 59.0 Å². The van der Waals surface area contributed by atoms with Crippen molar-refractivity contribution >= 4 is 22.9 Å². The van der Waals surface area contributed by atoms with Crippen molar-refractivity contribution in [1.29, 1.82) is 0 Å². The average molecular weight is 500 g/mol. The van der Waals surface area contributed by atoms with Crippen LogP contribution in [0, 0.1) is 23.2 Å². The lowest BCUT2D eigenvalue weighted by Gasteiger charge is -2.42. The van der Waals surface area contributed by atoms with Crippen molar-refractivity contribution in [3.8, 4) is 11.8 Å². The molecule has 1 amide bonds. The van der Waals surface area contributed by atoms with E-state index in [1.54, 1.807) is 11.3 Å². The van der Waals surface area contributed by atoms with Gasteiger partial charge in [-0.15, -0.1) is 11.3 Å². The molecule has 2 unspecified atom stereocenters. The molecule has 2 fully saturated rings. The molecular formula is C29H41NO4S. The molecule has 4 rings (SSSR count). The summed E-state index contributed by atoms with van der Waals surface area (Å²) in [6.07, 6.45) is 8.75. The molecule has 35 heavy (non-hydrogen) atoms. The van der Waals surface area contributed by atoms with Gasteiger partial charge in [0.15, 0.2) is 0 Å². The molecule has 2 heterocycles. The summed E-state index contributed by atoms with van der Waals surface area (Å²) in [7, 11) is 0. The number of carbonyl (C=O) groups excluding carboxylic acids is 1. The summed E-state index contributed by atoms with van der Waals surface area (Å²) in [5, 5.41) is 13.3. The molecule has 2 aliphatic carbocycles. The number of thiophene rings is 1. The minimum Gasteiger partial charge on any atom is -0.387 e. The van der Waals surface area contributed by atoms with Crippen LogP contribution < -0.4 is 4.90 Å². The molecule has 1 N–H and O–H groups in total. The molecule has 1 aromatic rings. The smallest absolute Gasteiger partial charge is 0.230 e. The zero-order valence-corrected chi connectivity index (χ0v) is 22.6. The Kier molecular flexibility index (Phi) is 8.43. The summed E-state index contributed by atoms with van der Waals surface area (Å²) in [6, 6.07) is 2.16. The van der Waals surface area contributed by atoms with Gasteiger partial charge in [0.1, 0.15) is 0 Å². The molecule has 1 aliphatic heterocycles. The van der Waals surface area contributed by atoms with Gasteiger partial charge in [0, 0.05) is 29.4 Å². The Morgan fingerprint density at radius 2 is 2.06 bits per heavy atom. The van der Waals surface area contributed by atoms with Gasteiger partial charge >= 0.3 is 0 Å². The van der Waals surface area contributed by atoms with E-state index in [1.165, 1.54) is 5.57 Å². The number of allylic oxidation sites excluding steroid dienone is 2. The zero-order valence-electron chi connectivity index (χ0n) is 21.8. The summed E-state index contributed by atoms with van der Waals surface area (Å²) >= 11 is 1.61. The van der Waals surface area contributed by atoms with Crippen LogP contribution >= 0.6 is 11.3 Å². The van der Waals surface area contributed by atoms with Crippen LogP contribution in [0.1, 0.15) is 83.9 Å². The van der Waals surface area contributed by atoms with Crippen molar-refractivity contribution in [1.82, 2.24) is 0 Å². The predicted molar refractivity (Wildman–Crippen MR) is 142 cm³/mol. The van der Waals surface area contributed by atoms with Crippen molar-refractivity contribution in [2.24, 2.45) is 11.3 Å². The minimum absolute atomic E-state index is 0.0224. The quantitative estimate of drug-likeness (QED) is 0.403. The molecule has 192 valence electrons. The van der Waals surface area contributed by atoms with Crippen molar-refractivity contribution in [2.45, 2.75) is 96.8 Å². The molecule has 5 nitrogen and oxygen atoms in total. The lowest BCUT2D eigenvalue weighted by molar-refractivity contribution is -0.124. The first-order chi connectivity index (χ1) is 16.6. The molecule has 1 saturated carbocycles. The van der Waals surface area contributed by atoms with E-state index >= 15 is 0 Å². The van der Waals surface area contributed by atoms with E-state index in [4.69, 9.17) is 9.47 Å². The molecule has 3 aliphatic rings. The van der Waals surface area contributed by atoms with Crippen LogP contribution in [0.15, 0.2) is 23.1 Å². The third-order valence-electron chi connectivity index (χ3n) is 7.38. The third-order valence-corrected chi connectivity index (χ3v) is 8.21. The van der Waals surface area contributed by atoms with E-state index in [0.29, 0.717) is 26.1 Å². The summed E-state index contributed by atoms with van der Waals surface area (Å²) < 4.78 is 11.4. The summed E-state index contributed by atoms with van der Waals surface area (Å²) in [5.74, 6) is 6.85. The summed E-state index contributed by atoms with van der Waals surface area (Å²) in [4.78, 5) is 16.9. The summed E-state index contributed by atoms with van der Waals surface area (Å²) in [5.41, 5.74) is 1.45. The maximum atomic E-state index is 13.9. The maximum absolute atomic E-state index is 13.9. The molecule has 1 aromatic heterocycles. The highest BCUT2D eigenvalue weighted by Gasteiger charge is 2.39. The van der Waals surface area contributed by atoms with E-state index in [-0.39, 0.29) is 29.4 Å². The normalized spacial score (nSPS) is 29.3. The number of carbonyl (C=O) groups is 1. The van der Waals surface area contributed by atoms with Gasteiger partial charge in [-0.3, -0.25) is 4.79 Å². The molecule has 6 heteroatoms. The highest BCUT2D eigenvalue weighted by molar-refractivity contribution is 7.11. The Bertz CT molecular complexity index is 965. The third kappa shape index (κ3) is 7.20.